The van der Waals surface area contributed by atoms with E-state index in [1.807, 2.05) is 29.2 Å². The Morgan fingerprint density at radius 3 is 2.85 bits per heavy atom. The van der Waals surface area contributed by atoms with Gasteiger partial charge >= 0.3 is 0 Å². The van der Waals surface area contributed by atoms with Crippen LogP contribution >= 0.6 is 11.6 Å². The summed E-state index contributed by atoms with van der Waals surface area (Å²) in [4.78, 5) is 14.1. The fraction of sp³-hybridized carbons (Fsp3) is 0.533. The van der Waals surface area contributed by atoms with Crippen molar-refractivity contribution in [3.63, 3.8) is 0 Å². The van der Waals surface area contributed by atoms with Crippen LogP contribution in [0.2, 0.25) is 0 Å². The minimum atomic E-state index is 0.00813. The average molecular weight is 298 g/mol. The predicted molar refractivity (Wildman–Crippen MR) is 78.4 cm³/mol. The topological polar surface area (TPSA) is 38.8 Å². The fourth-order valence-corrected chi connectivity index (χ4v) is 2.55. The van der Waals surface area contributed by atoms with Crippen LogP contribution < -0.4 is 4.74 Å². The zero-order chi connectivity index (χ0) is 14.4. The summed E-state index contributed by atoms with van der Waals surface area (Å²) < 4.78 is 10.5. The summed E-state index contributed by atoms with van der Waals surface area (Å²) in [6.07, 6.45) is 1.23. The van der Waals surface area contributed by atoms with Crippen molar-refractivity contribution in [2.45, 2.75) is 18.9 Å². The van der Waals surface area contributed by atoms with E-state index >= 15 is 0 Å². The zero-order valence-electron chi connectivity index (χ0n) is 11.7. The number of morpholine rings is 1. The summed E-state index contributed by atoms with van der Waals surface area (Å²) in [5.41, 5.74) is 1.13. The molecule has 20 heavy (non-hydrogen) atoms. The number of halogens is 1. The lowest BCUT2D eigenvalue weighted by Crippen LogP contribution is -2.49. The number of alkyl halides is 1. The molecule has 0 radical (unpaired) electrons. The lowest BCUT2D eigenvalue weighted by Gasteiger charge is -2.34. The molecule has 1 aliphatic heterocycles. The second kappa shape index (κ2) is 7.50. The van der Waals surface area contributed by atoms with E-state index in [1.54, 1.807) is 7.11 Å². The second-order valence-electron chi connectivity index (χ2n) is 4.82. The lowest BCUT2D eigenvalue weighted by atomic mass is 10.1. The van der Waals surface area contributed by atoms with Crippen LogP contribution in [0.15, 0.2) is 24.3 Å². The molecule has 1 fully saturated rings. The maximum atomic E-state index is 12.3. The monoisotopic (exact) mass is 297 g/mol. The molecule has 0 aromatic heterocycles. The van der Waals surface area contributed by atoms with Gasteiger partial charge in [-0.05, 0) is 24.1 Å². The summed E-state index contributed by atoms with van der Waals surface area (Å²) in [6.45, 7) is 1.78. The van der Waals surface area contributed by atoms with E-state index < -0.39 is 0 Å². The number of aryl methyl sites for hydroxylation is 1. The van der Waals surface area contributed by atoms with Gasteiger partial charge in [0.1, 0.15) is 5.75 Å². The highest BCUT2D eigenvalue weighted by atomic mass is 35.5. The van der Waals surface area contributed by atoms with E-state index in [-0.39, 0.29) is 11.9 Å². The number of methoxy groups -OCH3 is 1. The molecule has 0 saturated carbocycles. The molecule has 0 spiro atoms. The maximum absolute atomic E-state index is 12.3. The third-order valence-electron chi connectivity index (χ3n) is 3.51. The van der Waals surface area contributed by atoms with Crippen LogP contribution in [0.25, 0.3) is 0 Å². The van der Waals surface area contributed by atoms with Gasteiger partial charge in [-0.2, -0.15) is 0 Å². The molecule has 0 aliphatic carbocycles. The molecular formula is C15H20ClNO3. The van der Waals surface area contributed by atoms with Crippen molar-refractivity contribution in [2.24, 2.45) is 0 Å². The molecule has 4 nitrogen and oxygen atoms in total. The molecule has 110 valence electrons. The molecule has 1 heterocycles. The van der Waals surface area contributed by atoms with E-state index in [9.17, 15) is 4.79 Å². The van der Waals surface area contributed by atoms with Crippen LogP contribution in [0.1, 0.15) is 12.0 Å². The summed E-state index contributed by atoms with van der Waals surface area (Å²) in [6, 6.07) is 7.81. The summed E-state index contributed by atoms with van der Waals surface area (Å²) >= 11 is 5.88. The van der Waals surface area contributed by atoms with Gasteiger partial charge in [-0.1, -0.05) is 12.1 Å². The Hall–Kier alpha value is -1.26. The number of benzene rings is 1. The van der Waals surface area contributed by atoms with Crippen LogP contribution in [0.3, 0.4) is 0 Å². The van der Waals surface area contributed by atoms with Crippen LogP contribution in [-0.2, 0) is 16.0 Å². The van der Waals surface area contributed by atoms with Crippen LogP contribution in [0.4, 0.5) is 0 Å². The smallest absolute Gasteiger partial charge is 0.223 e. The summed E-state index contributed by atoms with van der Waals surface area (Å²) in [5, 5.41) is 0. The SMILES string of the molecule is COc1ccc(CCC(=O)N2CCOCC2CCl)cc1. The van der Waals surface area contributed by atoms with E-state index in [4.69, 9.17) is 21.1 Å². The highest BCUT2D eigenvalue weighted by Crippen LogP contribution is 2.15. The van der Waals surface area contributed by atoms with Gasteiger partial charge in [0, 0.05) is 18.8 Å². The molecule has 5 heteroatoms. The molecule has 1 aromatic carbocycles. The third kappa shape index (κ3) is 3.87. The highest BCUT2D eigenvalue weighted by Gasteiger charge is 2.26. The molecule has 0 N–H and O–H groups in total. The molecule has 1 unspecified atom stereocenters. The first-order chi connectivity index (χ1) is 9.74. The Labute approximate surface area is 124 Å². The van der Waals surface area contributed by atoms with Gasteiger partial charge < -0.3 is 14.4 Å². The van der Waals surface area contributed by atoms with Gasteiger partial charge in [-0.25, -0.2) is 0 Å². The third-order valence-corrected chi connectivity index (χ3v) is 3.87. The molecule has 2 rings (SSSR count). The van der Waals surface area contributed by atoms with E-state index in [1.165, 1.54) is 0 Å². The molecule has 1 saturated heterocycles. The van der Waals surface area contributed by atoms with Crippen LogP contribution in [0, 0.1) is 0 Å². The van der Waals surface area contributed by atoms with Crippen molar-refractivity contribution < 1.29 is 14.3 Å². The molecule has 1 amide bonds. The number of carbonyl (C=O) groups is 1. The average Bonchev–Trinajstić information content (AvgIpc) is 2.53. The van der Waals surface area contributed by atoms with Crippen molar-refractivity contribution >= 4 is 17.5 Å². The van der Waals surface area contributed by atoms with Crippen molar-refractivity contribution in [2.75, 3.05) is 32.7 Å². The minimum Gasteiger partial charge on any atom is -0.497 e. The van der Waals surface area contributed by atoms with Gasteiger partial charge in [0.2, 0.25) is 5.91 Å². The van der Waals surface area contributed by atoms with Gasteiger partial charge in [-0.3, -0.25) is 4.79 Å². The summed E-state index contributed by atoms with van der Waals surface area (Å²) in [7, 11) is 1.64. The number of hydrogen-bond donors (Lipinski definition) is 0. The number of carbonyl (C=O) groups excluding carboxylic acids is 1. The van der Waals surface area contributed by atoms with Gasteiger partial charge in [-0.15, -0.1) is 11.6 Å². The Balaban J connectivity index is 1.87. The van der Waals surface area contributed by atoms with Crippen molar-refractivity contribution in [3.05, 3.63) is 29.8 Å². The number of nitrogens with zero attached hydrogens (tertiary/aromatic N) is 1. The van der Waals surface area contributed by atoms with Crippen molar-refractivity contribution in [1.29, 1.82) is 0 Å². The Bertz CT molecular complexity index is 435. The predicted octanol–water partition coefficient (Wildman–Crippen LogP) is 2.09. The van der Waals surface area contributed by atoms with Crippen LogP contribution in [-0.4, -0.2) is 49.6 Å². The van der Waals surface area contributed by atoms with Gasteiger partial charge in [0.05, 0.1) is 26.4 Å². The van der Waals surface area contributed by atoms with Crippen molar-refractivity contribution in [3.8, 4) is 5.75 Å². The molecule has 0 bridgehead atoms. The number of hydrogen-bond acceptors (Lipinski definition) is 3. The maximum Gasteiger partial charge on any atom is 0.223 e. The van der Waals surface area contributed by atoms with Crippen LogP contribution in [0.5, 0.6) is 5.75 Å². The molecule has 1 aromatic rings. The van der Waals surface area contributed by atoms with E-state index in [0.717, 1.165) is 17.7 Å². The zero-order valence-corrected chi connectivity index (χ0v) is 12.4. The first-order valence-corrected chi connectivity index (χ1v) is 7.34. The quantitative estimate of drug-likeness (QED) is 0.781. The Morgan fingerprint density at radius 2 is 2.20 bits per heavy atom. The van der Waals surface area contributed by atoms with E-state index in [2.05, 4.69) is 0 Å². The van der Waals surface area contributed by atoms with Crippen molar-refractivity contribution in [1.82, 2.24) is 4.90 Å². The first kappa shape index (κ1) is 15.1. The second-order valence-corrected chi connectivity index (χ2v) is 5.13. The Kier molecular flexibility index (Phi) is 5.68. The number of rotatable bonds is 5. The molecule has 1 aliphatic rings. The first-order valence-electron chi connectivity index (χ1n) is 6.80. The summed E-state index contributed by atoms with van der Waals surface area (Å²) in [5.74, 6) is 1.40. The van der Waals surface area contributed by atoms with Gasteiger partial charge in [0.15, 0.2) is 0 Å². The Morgan fingerprint density at radius 1 is 1.45 bits per heavy atom. The number of amides is 1. The normalized spacial score (nSPS) is 18.9. The standard InChI is InChI=1S/C15H20ClNO3/c1-19-14-5-2-12(3-6-14)4-7-15(18)17-8-9-20-11-13(17)10-16/h2-3,5-6,13H,4,7-11H2,1H3. The highest BCUT2D eigenvalue weighted by molar-refractivity contribution is 6.18. The molecular weight excluding hydrogens is 278 g/mol. The van der Waals surface area contributed by atoms with E-state index in [0.29, 0.717) is 32.1 Å². The molecule has 1 atom stereocenters. The minimum absolute atomic E-state index is 0.00813. The fourth-order valence-electron chi connectivity index (χ4n) is 2.30. The lowest BCUT2D eigenvalue weighted by molar-refractivity contribution is -0.138. The largest absolute Gasteiger partial charge is 0.497 e. The van der Waals surface area contributed by atoms with Gasteiger partial charge in [0.25, 0.3) is 0 Å². The number of ether oxygens (including phenoxy) is 2.